The quantitative estimate of drug-likeness (QED) is 0.189. The second-order valence-corrected chi connectivity index (χ2v) is 10.3. The molecule has 1 unspecified atom stereocenters. The lowest BCUT2D eigenvalue weighted by Gasteiger charge is -2.43. The average Bonchev–Trinajstić information content (AvgIpc) is 3.09. The van der Waals surface area contributed by atoms with Gasteiger partial charge in [0.25, 0.3) is 0 Å². The maximum atomic E-state index is 13.8. The molecule has 210 valence electrons. The molecule has 0 amide bonds. The molecule has 4 aromatic carbocycles. The summed E-state index contributed by atoms with van der Waals surface area (Å²) in [4.78, 5) is 27.4. The van der Waals surface area contributed by atoms with Gasteiger partial charge in [0.05, 0.1) is 17.2 Å². The highest BCUT2D eigenvalue weighted by atomic mass is 16.6. The molecule has 0 radical (unpaired) electrons. The fraction of sp³-hybridized carbons (Fsp3) is 0.257. The van der Waals surface area contributed by atoms with Gasteiger partial charge >= 0.3 is 11.9 Å². The summed E-state index contributed by atoms with van der Waals surface area (Å²) in [5, 5.41) is 0. The Kier molecular flexibility index (Phi) is 8.34. The van der Waals surface area contributed by atoms with E-state index in [1.165, 1.54) is 0 Å². The van der Waals surface area contributed by atoms with E-state index in [0.717, 1.165) is 22.3 Å². The summed E-state index contributed by atoms with van der Waals surface area (Å²) in [7, 11) is 3.23. The molecule has 0 bridgehead atoms. The fourth-order valence-electron chi connectivity index (χ4n) is 6.01. The summed E-state index contributed by atoms with van der Waals surface area (Å²) in [5.41, 5.74) is 2.81. The number of carbonyl (C=O) groups excluding carboxylic acids is 2. The predicted octanol–water partition coefficient (Wildman–Crippen LogP) is 6.67. The molecule has 41 heavy (non-hydrogen) atoms. The van der Waals surface area contributed by atoms with Crippen molar-refractivity contribution in [2.45, 2.75) is 37.8 Å². The first-order valence-corrected chi connectivity index (χ1v) is 13.7. The summed E-state index contributed by atoms with van der Waals surface area (Å²) in [5.74, 6) is -1.51. The first kappa shape index (κ1) is 28.3. The van der Waals surface area contributed by atoms with Crippen LogP contribution < -0.4 is 0 Å². The zero-order valence-electron chi connectivity index (χ0n) is 23.7. The van der Waals surface area contributed by atoms with Gasteiger partial charge < -0.3 is 18.9 Å². The van der Waals surface area contributed by atoms with Gasteiger partial charge in [0.15, 0.2) is 11.7 Å². The molecule has 0 saturated heterocycles. The molecule has 0 heterocycles. The van der Waals surface area contributed by atoms with Crippen molar-refractivity contribution in [1.82, 2.24) is 0 Å². The molecule has 1 aliphatic rings. The second-order valence-electron chi connectivity index (χ2n) is 10.3. The molecule has 5 atom stereocenters. The van der Waals surface area contributed by atoms with Crippen molar-refractivity contribution in [2.75, 3.05) is 14.2 Å². The summed E-state index contributed by atoms with van der Waals surface area (Å²) < 4.78 is 25.4. The number of aryl methyl sites for hydroxylation is 1. The number of benzene rings is 4. The number of methoxy groups -OCH3 is 2. The Morgan fingerprint density at radius 3 is 1.73 bits per heavy atom. The molecule has 0 fully saturated rings. The van der Waals surface area contributed by atoms with Crippen LogP contribution in [0.4, 0.5) is 0 Å². The van der Waals surface area contributed by atoms with Gasteiger partial charge in [-0.3, -0.25) is 0 Å². The van der Waals surface area contributed by atoms with Gasteiger partial charge in [-0.1, -0.05) is 91.9 Å². The van der Waals surface area contributed by atoms with Crippen molar-refractivity contribution >= 4 is 11.9 Å². The highest BCUT2D eigenvalue weighted by Crippen LogP contribution is 2.51. The predicted molar refractivity (Wildman–Crippen MR) is 156 cm³/mol. The number of hydrogen-bond donors (Lipinski definition) is 0. The van der Waals surface area contributed by atoms with Gasteiger partial charge in [-0.05, 0) is 53.4 Å². The highest BCUT2D eigenvalue weighted by Gasteiger charge is 2.57. The zero-order chi connectivity index (χ0) is 29.0. The van der Waals surface area contributed by atoms with Crippen molar-refractivity contribution in [3.05, 3.63) is 143 Å². The molecule has 0 saturated carbocycles. The van der Waals surface area contributed by atoms with E-state index in [4.69, 9.17) is 18.9 Å². The standard InChI is InChI=1S/C35H34O6/c1-23-15-11-13-21-28(23)35(39-4)29-22-14-12-20-27(29)30(38-3)24(2)31(40-33(36)25-16-7-5-8-17-25)32(35)41-34(37)26-18-9-6-10-19-26/h5-22,24,30-32H,1-4H3/t24?,30-,31+,32+,35-/m0/s1. The van der Waals surface area contributed by atoms with Crippen molar-refractivity contribution < 1.29 is 28.5 Å². The minimum absolute atomic E-state index is 0.379. The Labute approximate surface area is 240 Å². The molecule has 0 aliphatic heterocycles. The molecule has 0 N–H and O–H groups in total. The van der Waals surface area contributed by atoms with E-state index in [2.05, 4.69) is 0 Å². The van der Waals surface area contributed by atoms with E-state index >= 15 is 0 Å². The monoisotopic (exact) mass is 550 g/mol. The van der Waals surface area contributed by atoms with Gasteiger partial charge in [0.1, 0.15) is 6.10 Å². The molecule has 0 spiro atoms. The van der Waals surface area contributed by atoms with Gasteiger partial charge in [-0.25, -0.2) is 9.59 Å². The number of rotatable bonds is 7. The van der Waals surface area contributed by atoms with E-state index < -0.39 is 41.8 Å². The lowest BCUT2D eigenvalue weighted by Crippen LogP contribution is -2.54. The lowest BCUT2D eigenvalue weighted by molar-refractivity contribution is -0.150. The van der Waals surface area contributed by atoms with Crippen molar-refractivity contribution in [3.63, 3.8) is 0 Å². The van der Waals surface area contributed by atoms with Crippen molar-refractivity contribution in [1.29, 1.82) is 0 Å². The van der Waals surface area contributed by atoms with Gasteiger partial charge in [-0.15, -0.1) is 0 Å². The first-order valence-electron chi connectivity index (χ1n) is 13.7. The topological polar surface area (TPSA) is 71.1 Å². The Balaban J connectivity index is 1.77. The molecule has 0 aromatic heterocycles. The van der Waals surface area contributed by atoms with Crippen LogP contribution in [0.2, 0.25) is 0 Å². The number of fused-ring (bicyclic) bond motifs is 1. The van der Waals surface area contributed by atoms with Crippen LogP contribution in [0.1, 0.15) is 56.0 Å². The normalized spacial score (nSPS) is 23.6. The largest absolute Gasteiger partial charge is 0.454 e. The number of ether oxygens (including phenoxy) is 4. The van der Waals surface area contributed by atoms with Gasteiger partial charge in [-0.2, -0.15) is 0 Å². The summed E-state index contributed by atoms with van der Waals surface area (Å²) >= 11 is 0. The van der Waals surface area contributed by atoms with Crippen LogP contribution in [-0.4, -0.2) is 38.4 Å². The summed E-state index contributed by atoms with van der Waals surface area (Å²) in [6.07, 6.45) is -2.52. The van der Waals surface area contributed by atoms with E-state index in [1.807, 2.05) is 74.5 Å². The molecule has 6 heteroatoms. The number of carbonyl (C=O) groups is 2. The lowest BCUT2D eigenvalue weighted by atomic mass is 9.76. The Hall–Kier alpha value is -4.26. The maximum absolute atomic E-state index is 13.8. The minimum Gasteiger partial charge on any atom is -0.454 e. The Bertz CT molecular complexity index is 1500. The van der Waals surface area contributed by atoms with E-state index in [9.17, 15) is 9.59 Å². The highest BCUT2D eigenvalue weighted by molar-refractivity contribution is 5.90. The third-order valence-electron chi connectivity index (χ3n) is 7.98. The van der Waals surface area contributed by atoms with E-state index in [1.54, 1.807) is 62.8 Å². The smallest absolute Gasteiger partial charge is 0.338 e. The minimum atomic E-state index is -1.34. The van der Waals surface area contributed by atoms with Gasteiger partial charge in [0, 0.05) is 20.1 Å². The van der Waals surface area contributed by atoms with Crippen LogP contribution in [0.3, 0.4) is 0 Å². The summed E-state index contributed by atoms with van der Waals surface area (Å²) in [6, 6.07) is 33.2. The first-order chi connectivity index (χ1) is 19.9. The van der Waals surface area contributed by atoms with Crippen LogP contribution in [0.25, 0.3) is 0 Å². The second kappa shape index (κ2) is 12.1. The third kappa shape index (κ3) is 5.17. The van der Waals surface area contributed by atoms with Crippen LogP contribution in [-0.2, 0) is 24.5 Å². The Morgan fingerprint density at radius 2 is 1.17 bits per heavy atom. The SMILES string of the molecule is CO[C@@H]1c2ccccc2[C@@](OC)(c2ccccc2C)[C@H](OC(=O)c2ccccc2)[C@H](OC(=O)c2ccccc2)C1C. The van der Waals surface area contributed by atoms with Crippen molar-refractivity contribution in [3.8, 4) is 0 Å². The molecule has 6 nitrogen and oxygen atoms in total. The maximum Gasteiger partial charge on any atom is 0.338 e. The third-order valence-corrected chi connectivity index (χ3v) is 7.98. The number of hydrogen-bond acceptors (Lipinski definition) is 6. The van der Waals surface area contributed by atoms with Crippen LogP contribution in [0.5, 0.6) is 0 Å². The fourth-order valence-corrected chi connectivity index (χ4v) is 6.01. The molecular formula is C35H34O6. The van der Waals surface area contributed by atoms with Crippen LogP contribution in [0.15, 0.2) is 109 Å². The zero-order valence-corrected chi connectivity index (χ0v) is 23.7. The van der Waals surface area contributed by atoms with Crippen LogP contribution in [0, 0.1) is 12.8 Å². The average molecular weight is 551 g/mol. The van der Waals surface area contributed by atoms with Crippen molar-refractivity contribution in [2.24, 2.45) is 5.92 Å². The number of esters is 2. The summed E-state index contributed by atoms with van der Waals surface area (Å²) in [6.45, 7) is 3.93. The van der Waals surface area contributed by atoms with Gasteiger partial charge in [0.2, 0.25) is 0 Å². The Morgan fingerprint density at radius 1 is 0.659 bits per heavy atom. The van der Waals surface area contributed by atoms with E-state index in [0.29, 0.717) is 11.1 Å². The molecule has 5 rings (SSSR count). The molecule has 4 aromatic rings. The molecular weight excluding hydrogens is 516 g/mol. The van der Waals surface area contributed by atoms with Crippen LogP contribution >= 0.6 is 0 Å². The van der Waals surface area contributed by atoms with E-state index in [-0.39, 0.29) is 0 Å². The molecule has 1 aliphatic carbocycles.